The first-order valence-electron chi connectivity index (χ1n) is 21.2. The topological polar surface area (TPSA) is 195 Å². The summed E-state index contributed by atoms with van der Waals surface area (Å²) in [5.41, 5.74) is 6.16. The zero-order valence-corrected chi connectivity index (χ0v) is 37.1. The van der Waals surface area contributed by atoms with Gasteiger partial charge in [-0.2, -0.15) is 0 Å². The molecule has 2 aromatic carbocycles. The Kier molecular flexibility index (Phi) is 16.6. The molecule has 6 amide bonds. The van der Waals surface area contributed by atoms with Gasteiger partial charge in [0.05, 0.1) is 55.7 Å². The number of piperidine rings is 1. The zero-order valence-electron chi connectivity index (χ0n) is 36.3. The molecule has 0 spiro atoms. The van der Waals surface area contributed by atoms with Gasteiger partial charge >= 0.3 is 0 Å². The van der Waals surface area contributed by atoms with Crippen LogP contribution in [0.5, 0.6) is 0 Å². The van der Waals surface area contributed by atoms with Gasteiger partial charge in [0.25, 0.3) is 5.91 Å². The van der Waals surface area contributed by atoms with E-state index >= 15 is 0 Å². The van der Waals surface area contributed by atoms with E-state index in [4.69, 9.17) is 18.9 Å². The van der Waals surface area contributed by atoms with Gasteiger partial charge in [-0.15, -0.1) is 11.3 Å². The van der Waals surface area contributed by atoms with Crippen molar-refractivity contribution in [3.05, 3.63) is 75.9 Å². The minimum atomic E-state index is -0.856. The molecular formula is C46H56N6O10S. The van der Waals surface area contributed by atoms with Crippen LogP contribution in [0.15, 0.2) is 48.0 Å². The second-order valence-electron chi connectivity index (χ2n) is 16.6. The molecular weight excluding hydrogens is 829 g/mol. The van der Waals surface area contributed by atoms with E-state index in [-0.39, 0.29) is 63.0 Å². The van der Waals surface area contributed by atoms with Crippen LogP contribution in [0.25, 0.3) is 10.4 Å². The van der Waals surface area contributed by atoms with Crippen molar-refractivity contribution in [2.24, 2.45) is 5.41 Å². The number of carbonyl (C=O) groups excluding carboxylic acids is 6. The van der Waals surface area contributed by atoms with Gasteiger partial charge in [0.2, 0.25) is 29.5 Å². The number of aryl methyl sites for hydroxylation is 1. The molecule has 336 valence electrons. The van der Waals surface area contributed by atoms with Crippen LogP contribution in [-0.4, -0.2) is 128 Å². The number of nitrogens with one attached hydrogen (secondary N) is 3. The Labute approximate surface area is 371 Å². The van der Waals surface area contributed by atoms with Gasteiger partial charge in [0, 0.05) is 37.2 Å². The molecule has 16 nitrogen and oxygen atoms in total. The third kappa shape index (κ3) is 12.6. The molecule has 1 unspecified atom stereocenters. The molecule has 0 radical (unpaired) electrons. The summed E-state index contributed by atoms with van der Waals surface area (Å²) in [5, 5.41) is 8.15. The SMILES string of the molecule is Cc1ncsc1-c1ccc(CNC(=O)[C@@H]2CCCN2C(=O)[C@@H](NC(=O)COCCOCCOCCOCC#Cc2cccc3c2CN(C2CCC(=O)NC2=O)C3=O)C(C)(C)C)cc1. The van der Waals surface area contributed by atoms with Crippen molar-refractivity contribution in [3.63, 3.8) is 0 Å². The van der Waals surface area contributed by atoms with E-state index in [2.05, 4.69) is 32.8 Å². The number of nitrogens with zero attached hydrogens (tertiary/aromatic N) is 3. The normalized spacial score (nSPS) is 17.8. The molecule has 3 aliphatic heterocycles. The maximum atomic E-state index is 13.9. The van der Waals surface area contributed by atoms with Crippen LogP contribution in [0.1, 0.15) is 79.2 Å². The van der Waals surface area contributed by atoms with Crippen molar-refractivity contribution in [3.8, 4) is 22.3 Å². The van der Waals surface area contributed by atoms with E-state index in [0.29, 0.717) is 69.9 Å². The van der Waals surface area contributed by atoms with Gasteiger partial charge in [-0.1, -0.05) is 62.9 Å². The van der Waals surface area contributed by atoms with Crippen LogP contribution < -0.4 is 16.0 Å². The Morgan fingerprint density at radius 3 is 2.35 bits per heavy atom. The highest BCUT2D eigenvalue weighted by Gasteiger charge is 2.42. The quantitative estimate of drug-likeness (QED) is 0.0910. The molecule has 0 bridgehead atoms. The van der Waals surface area contributed by atoms with Crippen LogP contribution in [0.3, 0.4) is 0 Å². The number of rotatable bonds is 19. The molecule has 17 heteroatoms. The van der Waals surface area contributed by atoms with Crippen LogP contribution in [0.4, 0.5) is 0 Å². The Bertz CT molecular complexity index is 2190. The smallest absolute Gasteiger partial charge is 0.255 e. The lowest BCUT2D eigenvalue weighted by Crippen LogP contribution is -2.58. The minimum Gasteiger partial charge on any atom is -0.377 e. The van der Waals surface area contributed by atoms with Crippen molar-refractivity contribution in [2.45, 2.75) is 84.6 Å². The zero-order chi connectivity index (χ0) is 44.9. The predicted molar refractivity (Wildman–Crippen MR) is 233 cm³/mol. The molecule has 6 rings (SSSR count). The molecule has 3 atom stereocenters. The first-order valence-corrected chi connectivity index (χ1v) is 22.1. The average molecular weight is 885 g/mol. The van der Waals surface area contributed by atoms with Crippen LogP contribution in [0, 0.1) is 24.2 Å². The van der Waals surface area contributed by atoms with Crippen LogP contribution >= 0.6 is 11.3 Å². The summed E-state index contributed by atoms with van der Waals surface area (Å²) in [5.74, 6) is 4.05. The first-order chi connectivity index (χ1) is 30.3. The number of imide groups is 1. The van der Waals surface area contributed by atoms with E-state index in [9.17, 15) is 28.8 Å². The summed E-state index contributed by atoms with van der Waals surface area (Å²) >= 11 is 1.59. The highest BCUT2D eigenvalue weighted by atomic mass is 32.1. The molecule has 4 heterocycles. The van der Waals surface area contributed by atoms with Crippen molar-refractivity contribution < 1.29 is 47.7 Å². The van der Waals surface area contributed by atoms with Gasteiger partial charge < -0.3 is 39.4 Å². The number of thiazole rings is 1. The van der Waals surface area contributed by atoms with Crippen molar-refractivity contribution in [1.82, 2.24) is 30.7 Å². The van der Waals surface area contributed by atoms with Gasteiger partial charge in [-0.25, -0.2) is 4.98 Å². The lowest BCUT2D eigenvalue weighted by molar-refractivity contribution is -0.144. The molecule has 3 N–H and O–H groups in total. The van der Waals surface area contributed by atoms with Crippen LogP contribution in [0.2, 0.25) is 0 Å². The number of hydrogen-bond acceptors (Lipinski definition) is 12. The van der Waals surface area contributed by atoms with E-state index < -0.39 is 35.4 Å². The van der Waals surface area contributed by atoms with E-state index in [1.54, 1.807) is 28.4 Å². The molecule has 3 aromatic rings. The summed E-state index contributed by atoms with van der Waals surface area (Å²) in [4.78, 5) is 85.6. The summed E-state index contributed by atoms with van der Waals surface area (Å²) in [6.07, 6.45) is 1.72. The Morgan fingerprint density at radius 2 is 1.67 bits per heavy atom. The third-order valence-corrected chi connectivity index (χ3v) is 12.0. The number of aromatic nitrogens is 1. The third-order valence-electron chi connectivity index (χ3n) is 11.0. The summed E-state index contributed by atoms with van der Waals surface area (Å²) < 4.78 is 22.2. The van der Waals surface area contributed by atoms with E-state index in [1.165, 1.54) is 4.90 Å². The minimum absolute atomic E-state index is 0.158. The lowest BCUT2D eigenvalue weighted by Gasteiger charge is -2.35. The number of fused-ring (bicyclic) bond motifs is 1. The maximum Gasteiger partial charge on any atom is 0.255 e. The number of likely N-dealkylation sites (tertiary alicyclic amines) is 1. The van der Waals surface area contributed by atoms with Crippen molar-refractivity contribution in [1.29, 1.82) is 0 Å². The fourth-order valence-electron chi connectivity index (χ4n) is 7.66. The van der Waals surface area contributed by atoms with Gasteiger partial charge in [-0.05, 0) is 60.4 Å². The fourth-order valence-corrected chi connectivity index (χ4v) is 8.47. The highest BCUT2D eigenvalue weighted by molar-refractivity contribution is 7.13. The molecule has 0 saturated carbocycles. The Balaban J connectivity index is 0.818. The van der Waals surface area contributed by atoms with Gasteiger partial charge in [0.15, 0.2) is 0 Å². The Hall–Kier alpha value is -5.51. The van der Waals surface area contributed by atoms with Crippen molar-refractivity contribution >= 4 is 46.8 Å². The van der Waals surface area contributed by atoms with Crippen molar-refractivity contribution in [2.75, 3.05) is 59.4 Å². The average Bonchev–Trinajstić information content (AvgIpc) is 4.01. The van der Waals surface area contributed by atoms with E-state index in [1.807, 2.05) is 63.5 Å². The monoisotopic (exact) mass is 884 g/mol. The highest BCUT2D eigenvalue weighted by Crippen LogP contribution is 2.30. The first kappa shape index (κ1) is 47.0. The molecule has 63 heavy (non-hydrogen) atoms. The predicted octanol–water partition coefficient (Wildman–Crippen LogP) is 3.14. The molecule has 3 aliphatic rings. The standard InChI is InChI=1S/C46H56N6O10S/c1-30-40(63-29-48-30)33-14-12-31(13-15-33)26-47-42(55)36-11-6-18-51(36)45(58)41(46(2,3)4)49-39(54)28-62-25-24-61-23-22-60-21-20-59-19-7-9-32-8-5-10-34-35(32)27-52(44(34)57)37-16-17-38(53)50-43(37)56/h5,8,10,12-15,29,36-37,41H,6,11,16-28H2,1-4H3,(H,47,55)(H,49,54)(H,50,53,56)/t36-,37?,41+/m0/s1. The van der Waals surface area contributed by atoms with Crippen LogP contribution in [-0.2, 0) is 56.0 Å². The number of benzene rings is 2. The largest absolute Gasteiger partial charge is 0.377 e. The van der Waals surface area contributed by atoms with Gasteiger partial charge in [0.1, 0.15) is 31.3 Å². The Morgan fingerprint density at radius 1 is 0.952 bits per heavy atom. The number of carbonyl (C=O) groups is 6. The fraction of sp³-hybridized carbons (Fsp3) is 0.500. The number of amides is 6. The second kappa shape index (κ2) is 22.2. The number of ether oxygens (including phenoxy) is 4. The summed E-state index contributed by atoms with van der Waals surface area (Å²) in [6, 6.07) is 11.1. The molecule has 2 saturated heterocycles. The second-order valence-corrected chi connectivity index (χ2v) is 17.5. The molecule has 2 fully saturated rings. The summed E-state index contributed by atoms with van der Waals surface area (Å²) in [7, 11) is 0. The summed E-state index contributed by atoms with van der Waals surface area (Å²) in [6.45, 7) is 10.2. The maximum absolute atomic E-state index is 13.9. The molecule has 0 aliphatic carbocycles. The lowest BCUT2D eigenvalue weighted by atomic mass is 9.85. The van der Waals surface area contributed by atoms with Gasteiger partial charge in [-0.3, -0.25) is 34.1 Å². The number of hydrogen-bond donors (Lipinski definition) is 3. The van der Waals surface area contributed by atoms with E-state index in [0.717, 1.165) is 27.3 Å². The molecule has 1 aromatic heterocycles.